The van der Waals surface area contributed by atoms with Gasteiger partial charge in [0.05, 0.1) is 7.11 Å². The van der Waals surface area contributed by atoms with Crippen molar-refractivity contribution in [2.45, 2.75) is 0 Å². The van der Waals surface area contributed by atoms with Gasteiger partial charge in [-0.2, -0.15) is 0 Å². The fourth-order valence-electron chi connectivity index (χ4n) is 2.20. The highest BCUT2D eigenvalue weighted by Crippen LogP contribution is 2.25. The summed E-state index contributed by atoms with van der Waals surface area (Å²) in [6.45, 7) is 0. The van der Waals surface area contributed by atoms with Gasteiger partial charge in [-0.15, -0.1) is 0 Å². The number of hydrogen-bond donors (Lipinski definition) is 4. The lowest BCUT2D eigenvalue weighted by Crippen LogP contribution is -2.30. The number of anilines is 4. The number of hydrogen-bond acceptors (Lipinski definition) is 7. The van der Waals surface area contributed by atoms with E-state index in [0.717, 1.165) is 0 Å². The molecule has 5 N–H and O–H groups in total. The van der Waals surface area contributed by atoms with Crippen LogP contribution >= 0.6 is 0 Å². The average Bonchev–Trinajstić information content (AvgIpc) is 2.70. The van der Waals surface area contributed by atoms with Crippen LogP contribution in [-0.2, 0) is 0 Å². The van der Waals surface area contributed by atoms with Gasteiger partial charge in [0.1, 0.15) is 23.6 Å². The van der Waals surface area contributed by atoms with Crippen LogP contribution in [0.2, 0.25) is 0 Å². The van der Waals surface area contributed by atoms with Gasteiger partial charge in [0, 0.05) is 11.3 Å². The van der Waals surface area contributed by atoms with Crippen molar-refractivity contribution < 1.29 is 13.9 Å². The second-order valence-electron chi connectivity index (χ2n) is 5.42. The molecular weight excluding hydrogens is 351 g/mol. The molecule has 0 aliphatic carbocycles. The van der Waals surface area contributed by atoms with Gasteiger partial charge in [0.15, 0.2) is 11.6 Å². The molecule has 0 aliphatic rings. The number of ether oxygens (including phenoxy) is 1. The third kappa shape index (κ3) is 4.40. The molecule has 0 radical (unpaired) electrons. The molecule has 1 aromatic heterocycles. The molecule has 0 atom stereocenters. The fraction of sp³-hybridized carbons (Fsp3) is 0.0556. The molecule has 3 aromatic rings. The number of nitrogens with zero attached hydrogens (tertiary/aromatic N) is 2. The smallest absolute Gasteiger partial charge is 0.269 e. The molecule has 138 valence electrons. The maximum atomic E-state index is 13.0. The first-order valence-corrected chi connectivity index (χ1v) is 7.90. The maximum absolute atomic E-state index is 13.0. The molecule has 3 rings (SSSR count). The molecule has 0 bridgehead atoms. The van der Waals surface area contributed by atoms with Crippen LogP contribution in [-0.4, -0.2) is 23.0 Å². The minimum atomic E-state index is -0.372. The third-order valence-electron chi connectivity index (χ3n) is 3.64. The Bertz CT molecular complexity index is 932. The molecule has 2 aromatic carbocycles. The summed E-state index contributed by atoms with van der Waals surface area (Å²) in [7, 11) is 1.55. The van der Waals surface area contributed by atoms with Gasteiger partial charge in [-0.3, -0.25) is 15.6 Å². The standard InChI is InChI=1S/C18H17FN6O2/c1-27-14-8-2-11(3-9-14)18(26)25-24-17-15(20)16(21-10-22-17)23-13-6-4-12(19)5-7-13/h2-10H,20H2,1H3,(H,25,26)(H2,21,22,23,24). The Labute approximate surface area is 154 Å². The monoisotopic (exact) mass is 368 g/mol. The number of aromatic nitrogens is 2. The van der Waals surface area contributed by atoms with Gasteiger partial charge in [0.25, 0.3) is 5.91 Å². The minimum absolute atomic E-state index is 0.192. The molecule has 1 heterocycles. The lowest BCUT2D eigenvalue weighted by molar-refractivity contribution is 0.0962. The van der Waals surface area contributed by atoms with E-state index in [1.807, 2.05) is 0 Å². The number of carbonyl (C=O) groups excluding carboxylic acids is 1. The summed E-state index contributed by atoms with van der Waals surface area (Å²) < 4.78 is 18.0. The number of halogens is 1. The normalized spacial score (nSPS) is 10.1. The second kappa shape index (κ2) is 8.00. The van der Waals surface area contributed by atoms with Crippen molar-refractivity contribution in [1.29, 1.82) is 0 Å². The Morgan fingerprint density at radius 3 is 2.37 bits per heavy atom. The largest absolute Gasteiger partial charge is 0.497 e. The van der Waals surface area contributed by atoms with E-state index in [-0.39, 0.29) is 23.2 Å². The van der Waals surface area contributed by atoms with Crippen LogP contribution in [0.3, 0.4) is 0 Å². The Morgan fingerprint density at radius 1 is 1.04 bits per heavy atom. The van der Waals surface area contributed by atoms with E-state index in [4.69, 9.17) is 10.5 Å². The third-order valence-corrected chi connectivity index (χ3v) is 3.64. The van der Waals surface area contributed by atoms with Crippen LogP contribution < -0.4 is 26.6 Å². The highest BCUT2D eigenvalue weighted by molar-refractivity contribution is 5.95. The molecule has 1 amide bonds. The summed E-state index contributed by atoms with van der Waals surface area (Å²) in [5.74, 6) is 0.467. The van der Waals surface area contributed by atoms with Crippen LogP contribution in [0.25, 0.3) is 0 Å². The Balaban J connectivity index is 1.68. The Kier molecular flexibility index (Phi) is 5.31. The fourth-order valence-corrected chi connectivity index (χ4v) is 2.20. The number of hydrazine groups is 1. The molecule has 27 heavy (non-hydrogen) atoms. The van der Waals surface area contributed by atoms with E-state index < -0.39 is 0 Å². The van der Waals surface area contributed by atoms with Gasteiger partial charge in [0.2, 0.25) is 0 Å². The van der Waals surface area contributed by atoms with E-state index in [0.29, 0.717) is 22.8 Å². The molecule has 8 nitrogen and oxygen atoms in total. The van der Waals surface area contributed by atoms with Gasteiger partial charge in [-0.1, -0.05) is 0 Å². The first-order chi connectivity index (χ1) is 13.1. The minimum Gasteiger partial charge on any atom is -0.497 e. The SMILES string of the molecule is COc1ccc(C(=O)NNc2ncnc(Nc3ccc(F)cc3)c2N)cc1. The summed E-state index contributed by atoms with van der Waals surface area (Å²) in [6, 6.07) is 12.3. The predicted octanol–water partition coefficient (Wildman–Crippen LogP) is 2.71. The number of nitrogen functional groups attached to an aromatic ring is 1. The number of benzene rings is 2. The molecule has 0 spiro atoms. The summed E-state index contributed by atoms with van der Waals surface area (Å²) in [6.07, 6.45) is 1.28. The number of rotatable bonds is 6. The van der Waals surface area contributed by atoms with Crippen molar-refractivity contribution in [2.75, 3.05) is 23.6 Å². The molecule has 0 aliphatic heterocycles. The van der Waals surface area contributed by atoms with Crippen molar-refractivity contribution in [2.24, 2.45) is 0 Å². The highest BCUT2D eigenvalue weighted by Gasteiger charge is 2.11. The molecule has 0 saturated heterocycles. The van der Waals surface area contributed by atoms with Gasteiger partial charge in [-0.05, 0) is 48.5 Å². The van der Waals surface area contributed by atoms with Crippen molar-refractivity contribution in [3.63, 3.8) is 0 Å². The molecule has 0 saturated carbocycles. The number of nitrogens with two attached hydrogens (primary N) is 1. The summed E-state index contributed by atoms with van der Waals surface area (Å²) in [5, 5.41) is 2.96. The van der Waals surface area contributed by atoms with Gasteiger partial charge in [-0.25, -0.2) is 14.4 Å². The van der Waals surface area contributed by atoms with Crippen LogP contribution in [0, 0.1) is 5.82 Å². The lowest BCUT2D eigenvalue weighted by atomic mass is 10.2. The predicted molar refractivity (Wildman–Crippen MR) is 100 cm³/mol. The zero-order valence-electron chi connectivity index (χ0n) is 14.4. The summed E-state index contributed by atoms with van der Waals surface area (Å²) in [4.78, 5) is 20.2. The van der Waals surface area contributed by atoms with Crippen LogP contribution in [0.5, 0.6) is 5.75 Å². The van der Waals surface area contributed by atoms with Gasteiger partial charge < -0.3 is 15.8 Å². The van der Waals surface area contributed by atoms with Crippen LogP contribution in [0.4, 0.5) is 27.4 Å². The van der Waals surface area contributed by atoms with Crippen molar-refractivity contribution >= 4 is 28.9 Å². The maximum Gasteiger partial charge on any atom is 0.269 e. The molecule has 0 unspecified atom stereocenters. The number of methoxy groups -OCH3 is 1. The lowest BCUT2D eigenvalue weighted by Gasteiger charge is -2.13. The Hall–Kier alpha value is -3.88. The highest BCUT2D eigenvalue weighted by atomic mass is 19.1. The zero-order valence-corrected chi connectivity index (χ0v) is 14.4. The van der Waals surface area contributed by atoms with E-state index in [9.17, 15) is 9.18 Å². The zero-order chi connectivity index (χ0) is 19.2. The van der Waals surface area contributed by atoms with E-state index >= 15 is 0 Å². The Morgan fingerprint density at radius 2 is 1.70 bits per heavy atom. The van der Waals surface area contributed by atoms with Crippen molar-refractivity contribution in [3.05, 3.63) is 66.2 Å². The topological polar surface area (TPSA) is 114 Å². The molecule has 9 heteroatoms. The first-order valence-electron chi connectivity index (χ1n) is 7.90. The van der Waals surface area contributed by atoms with E-state index in [2.05, 4.69) is 26.1 Å². The quantitative estimate of drug-likeness (QED) is 0.495. The van der Waals surface area contributed by atoms with Gasteiger partial charge >= 0.3 is 0 Å². The number of carbonyl (C=O) groups is 1. The number of amides is 1. The summed E-state index contributed by atoms with van der Waals surface area (Å²) in [5.41, 5.74) is 12.4. The van der Waals surface area contributed by atoms with Crippen LogP contribution in [0.15, 0.2) is 54.9 Å². The number of nitrogens with one attached hydrogen (secondary N) is 3. The first kappa shape index (κ1) is 17.9. The van der Waals surface area contributed by atoms with Crippen LogP contribution in [0.1, 0.15) is 10.4 Å². The second-order valence-corrected chi connectivity index (χ2v) is 5.42. The molecule has 0 fully saturated rings. The summed E-state index contributed by atoms with van der Waals surface area (Å²) >= 11 is 0. The molecular formula is C18H17FN6O2. The average molecular weight is 368 g/mol. The van der Waals surface area contributed by atoms with Crippen molar-refractivity contribution in [1.82, 2.24) is 15.4 Å². The van der Waals surface area contributed by atoms with Crippen molar-refractivity contribution in [3.8, 4) is 5.75 Å². The van der Waals surface area contributed by atoms with E-state index in [1.54, 1.807) is 43.5 Å². The van der Waals surface area contributed by atoms with E-state index in [1.165, 1.54) is 18.5 Å².